The van der Waals surface area contributed by atoms with Gasteiger partial charge < -0.3 is 10.1 Å². The van der Waals surface area contributed by atoms with Gasteiger partial charge in [-0.25, -0.2) is 0 Å². The maximum atomic E-state index is 6.06. The summed E-state index contributed by atoms with van der Waals surface area (Å²) in [4.78, 5) is 0. The summed E-state index contributed by atoms with van der Waals surface area (Å²) >= 11 is 6.06. The molecule has 108 valence electrons. The number of aromatic nitrogens is 2. The summed E-state index contributed by atoms with van der Waals surface area (Å²) in [7, 11) is 3.61. The summed E-state index contributed by atoms with van der Waals surface area (Å²) in [6.45, 7) is 6.20. The molecule has 0 radical (unpaired) electrons. The number of hydrogen-bond donors (Lipinski definition) is 1. The van der Waals surface area contributed by atoms with E-state index in [1.54, 1.807) is 7.11 Å². The third-order valence-corrected chi connectivity index (χ3v) is 3.77. The Morgan fingerprint density at radius 2 is 2.05 bits per heavy atom. The van der Waals surface area contributed by atoms with Crippen LogP contribution < -0.4 is 10.1 Å². The summed E-state index contributed by atoms with van der Waals surface area (Å²) in [5, 5.41) is 8.58. The Morgan fingerprint density at radius 1 is 1.35 bits per heavy atom. The van der Waals surface area contributed by atoms with Crippen molar-refractivity contribution < 1.29 is 4.74 Å². The van der Waals surface area contributed by atoms with Crippen molar-refractivity contribution in [3.8, 4) is 5.75 Å². The van der Waals surface area contributed by atoms with Crippen molar-refractivity contribution in [1.29, 1.82) is 0 Å². The van der Waals surface area contributed by atoms with Gasteiger partial charge in [0.25, 0.3) is 0 Å². The highest BCUT2D eigenvalue weighted by Crippen LogP contribution is 2.32. The number of benzene rings is 1. The van der Waals surface area contributed by atoms with Crippen LogP contribution in [0.4, 0.5) is 5.69 Å². The smallest absolute Gasteiger partial charge is 0.142 e. The van der Waals surface area contributed by atoms with E-state index in [0.717, 1.165) is 22.8 Å². The summed E-state index contributed by atoms with van der Waals surface area (Å²) in [6.07, 6.45) is 0. The quantitative estimate of drug-likeness (QED) is 0.930. The third kappa shape index (κ3) is 2.75. The number of hydrogen-bond acceptors (Lipinski definition) is 3. The fourth-order valence-electron chi connectivity index (χ4n) is 2.52. The molecule has 4 nitrogen and oxygen atoms in total. The predicted octanol–water partition coefficient (Wildman–Crippen LogP) is 3.87. The van der Waals surface area contributed by atoms with Crippen LogP contribution in [0.5, 0.6) is 5.75 Å². The van der Waals surface area contributed by atoms with Crippen LogP contribution in [0.15, 0.2) is 18.2 Å². The van der Waals surface area contributed by atoms with Crippen LogP contribution in [0.3, 0.4) is 0 Å². The van der Waals surface area contributed by atoms with E-state index in [9.17, 15) is 0 Å². The molecule has 0 aliphatic rings. The molecule has 0 amide bonds. The topological polar surface area (TPSA) is 39.1 Å². The summed E-state index contributed by atoms with van der Waals surface area (Å²) in [6, 6.07) is 5.67. The minimum Gasteiger partial charge on any atom is -0.495 e. The molecule has 0 saturated carbocycles. The van der Waals surface area contributed by atoms with Crippen LogP contribution in [-0.2, 0) is 7.05 Å². The fourth-order valence-corrected chi connectivity index (χ4v) is 2.69. The van der Waals surface area contributed by atoms with Crippen molar-refractivity contribution in [3.63, 3.8) is 0 Å². The van der Waals surface area contributed by atoms with Crippen LogP contribution in [0.25, 0.3) is 0 Å². The lowest BCUT2D eigenvalue weighted by Gasteiger charge is -2.18. The molecule has 1 unspecified atom stereocenters. The molecule has 2 aromatic rings. The van der Waals surface area contributed by atoms with Crippen molar-refractivity contribution in [2.45, 2.75) is 26.8 Å². The maximum absolute atomic E-state index is 6.06. The second kappa shape index (κ2) is 5.75. The van der Waals surface area contributed by atoms with E-state index in [-0.39, 0.29) is 6.04 Å². The van der Waals surface area contributed by atoms with Crippen molar-refractivity contribution in [3.05, 3.63) is 40.2 Å². The van der Waals surface area contributed by atoms with Gasteiger partial charge in [0.1, 0.15) is 5.75 Å². The first-order chi connectivity index (χ1) is 9.43. The first kappa shape index (κ1) is 14.7. The van der Waals surface area contributed by atoms with Crippen LogP contribution in [0.1, 0.15) is 29.9 Å². The van der Waals surface area contributed by atoms with E-state index in [4.69, 9.17) is 16.3 Å². The van der Waals surface area contributed by atoms with E-state index < -0.39 is 0 Å². The van der Waals surface area contributed by atoms with Crippen LogP contribution >= 0.6 is 11.6 Å². The van der Waals surface area contributed by atoms with Gasteiger partial charge in [0.05, 0.1) is 24.5 Å². The largest absolute Gasteiger partial charge is 0.495 e. The highest BCUT2D eigenvalue weighted by Gasteiger charge is 2.17. The van der Waals surface area contributed by atoms with Crippen molar-refractivity contribution in [2.24, 2.45) is 7.05 Å². The molecule has 0 saturated heterocycles. The number of aryl methyl sites for hydroxylation is 2. The van der Waals surface area contributed by atoms with Gasteiger partial charge >= 0.3 is 0 Å². The molecule has 1 heterocycles. The summed E-state index contributed by atoms with van der Waals surface area (Å²) in [5.41, 5.74) is 4.28. The first-order valence-corrected chi connectivity index (χ1v) is 6.92. The molecule has 20 heavy (non-hydrogen) atoms. The zero-order valence-electron chi connectivity index (χ0n) is 12.5. The van der Waals surface area contributed by atoms with Gasteiger partial charge in [-0.1, -0.05) is 11.6 Å². The molecule has 1 N–H and O–H groups in total. The molecular formula is C15H20ClN3O. The van der Waals surface area contributed by atoms with Crippen molar-refractivity contribution >= 4 is 17.3 Å². The molecule has 0 spiro atoms. The third-order valence-electron chi connectivity index (χ3n) is 3.53. The van der Waals surface area contributed by atoms with E-state index in [1.165, 1.54) is 5.56 Å². The van der Waals surface area contributed by atoms with Crippen LogP contribution in [-0.4, -0.2) is 16.9 Å². The van der Waals surface area contributed by atoms with Gasteiger partial charge in [-0.15, -0.1) is 0 Å². The lowest BCUT2D eigenvalue weighted by atomic mass is 10.1. The molecule has 2 rings (SSSR count). The van der Waals surface area contributed by atoms with Gasteiger partial charge in [-0.3, -0.25) is 4.68 Å². The first-order valence-electron chi connectivity index (χ1n) is 6.54. The molecule has 1 aromatic carbocycles. The number of rotatable bonds is 4. The Labute approximate surface area is 124 Å². The highest BCUT2D eigenvalue weighted by molar-refractivity contribution is 6.30. The molecule has 1 atom stereocenters. The molecule has 0 bridgehead atoms. The minimum atomic E-state index is 0.121. The molecule has 1 aromatic heterocycles. The minimum absolute atomic E-state index is 0.121. The Bertz CT molecular complexity index is 622. The Kier molecular flexibility index (Phi) is 4.23. The predicted molar refractivity (Wildman–Crippen MR) is 82.7 cm³/mol. The van der Waals surface area contributed by atoms with E-state index in [0.29, 0.717) is 5.02 Å². The number of nitrogens with one attached hydrogen (secondary N) is 1. The molecular weight excluding hydrogens is 274 g/mol. The average Bonchev–Trinajstić information content (AvgIpc) is 2.63. The Morgan fingerprint density at radius 3 is 2.60 bits per heavy atom. The zero-order chi connectivity index (χ0) is 14.9. The van der Waals surface area contributed by atoms with Crippen molar-refractivity contribution in [2.75, 3.05) is 12.4 Å². The number of anilines is 1. The van der Waals surface area contributed by atoms with E-state index >= 15 is 0 Å². The standard InChI is InChI=1S/C15H20ClN3O/c1-9(15-10(2)18-19(4)11(15)3)17-13-8-12(16)6-7-14(13)20-5/h6-9,17H,1-5H3. The monoisotopic (exact) mass is 293 g/mol. The molecule has 0 aliphatic carbocycles. The Balaban J connectivity index is 2.32. The molecule has 0 aliphatic heterocycles. The SMILES string of the molecule is COc1ccc(Cl)cc1NC(C)c1c(C)nn(C)c1C. The van der Waals surface area contributed by atoms with Crippen molar-refractivity contribution in [1.82, 2.24) is 9.78 Å². The molecule has 5 heteroatoms. The average molecular weight is 294 g/mol. The van der Waals surface area contributed by atoms with Gasteiger partial charge in [0, 0.05) is 23.3 Å². The second-order valence-electron chi connectivity index (χ2n) is 4.92. The lowest BCUT2D eigenvalue weighted by Crippen LogP contribution is -2.10. The normalized spacial score (nSPS) is 12.3. The fraction of sp³-hybridized carbons (Fsp3) is 0.400. The summed E-state index contributed by atoms with van der Waals surface area (Å²) in [5.74, 6) is 0.778. The van der Waals surface area contributed by atoms with Crippen LogP contribution in [0, 0.1) is 13.8 Å². The van der Waals surface area contributed by atoms with Gasteiger partial charge in [-0.05, 0) is 39.0 Å². The lowest BCUT2D eigenvalue weighted by molar-refractivity contribution is 0.416. The van der Waals surface area contributed by atoms with Crippen LogP contribution in [0.2, 0.25) is 5.02 Å². The number of halogens is 1. The zero-order valence-corrected chi connectivity index (χ0v) is 13.2. The number of ether oxygens (including phenoxy) is 1. The van der Waals surface area contributed by atoms with Gasteiger partial charge in [-0.2, -0.15) is 5.10 Å². The number of methoxy groups -OCH3 is 1. The van der Waals surface area contributed by atoms with Gasteiger partial charge in [0.15, 0.2) is 0 Å². The molecule has 0 fully saturated rings. The summed E-state index contributed by atoms with van der Waals surface area (Å²) < 4.78 is 7.26. The second-order valence-corrected chi connectivity index (χ2v) is 5.36. The van der Waals surface area contributed by atoms with E-state index in [1.807, 2.05) is 36.9 Å². The Hall–Kier alpha value is -1.68. The van der Waals surface area contributed by atoms with Gasteiger partial charge in [0.2, 0.25) is 0 Å². The van der Waals surface area contributed by atoms with E-state index in [2.05, 4.69) is 24.3 Å². The highest BCUT2D eigenvalue weighted by atomic mass is 35.5. The number of nitrogens with zero attached hydrogens (tertiary/aromatic N) is 2. The maximum Gasteiger partial charge on any atom is 0.142 e.